The Bertz CT molecular complexity index is 815. The van der Waals surface area contributed by atoms with Crippen molar-refractivity contribution in [1.29, 1.82) is 0 Å². The number of esters is 1. The van der Waals surface area contributed by atoms with Gasteiger partial charge in [-0.2, -0.15) is 0 Å². The van der Waals surface area contributed by atoms with Crippen LogP contribution in [0, 0.1) is 0 Å². The summed E-state index contributed by atoms with van der Waals surface area (Å²) in [4.78, 5) is 34.3. The standard InChI is InChI=1S/C18H17NO7/c1-11(20)26-14-7-8-16(15(9-14)18(22)23)19-17(21)10-25-13-5-3-12(24-2)4-6-13/h3-9H,10H2,1-2H3,(H,19,21)(H,22,23). The predicted octanol–water partition coefficient (Wildman–Crippen LogP) is 2.34. The maximum Gasteiger partial charge on any atom is 0.337 e. The van der Waals surface area contributed by atoms with Crippen molar-refractivity contribution in [2.24, 2.45) is 0 Å². The number of carboxylic acid groups (broad SMARTS) is 1. The molecule has 0 atom stereocenters. The normalized spacial score (nSPS) is 9.92. The first-order valence-electron chi connectivity index (χ1n) is 7.51. The number of carbonyl (C=O) groups is 3. The van der Waals surface area contributed by atoms with Crippen molar-refractivity contribution in [2.75, 3.05) is 19.0 Å². The number of aromatic carboxylic acids is 1. The van der Waals surface area contributed by atoms with Crippen LogP contribution in [0.1, 0.15) is 17.3 Å². The van der Waals surface area contributed by atoms with Crippen molar-refractivity contribution < 1.29 is 33.7 Å². The van der Waals surface area contributed by atoms with Crippen LogP contribution in [-0.4, -0.2) is 36.7 Å². The molecule has 26 heavy (non-hydrogen) atoms. The molecule has 0 aromatic heterocycles. The van der Waals surface area contributed by atoms with Crippen LogP contribution >= 0.6 is 0 Å². The quantitative estimate of drug-likeness (QED) is 0.576. The number of rotatable bonds is 7. The number of amides is 1. The van der Waals surface area contributed by atoms with E-state index in [0.29, 0.717) is 11.5 Å². The monoisotopic (exact) mass is 359 g/mol. The van der Waals surface area contributed by atoms with Gasteiger partial charge in [-0.1, -0.05) is 0 Å². The van der Waals surface area contributed by atoms with Crippen molar-refractivity contribution in [3.8, 4) is 17.2 Å². The molecule has 0 aliphatic carbocycles. The Morgan fingerprint density at radius 2 is 1.62 bits per heavy atom. The number of ether oxygens (including phenoxy) is 3. The van der Waals surface area contributed by atoms with Gasteiger partial charge in [0.05, 0.1) is 18.4 Å². The van der Waals surface area contributed by atoms with E-state index in [-0.39, 0.29) is 23.6 Å². The van der Waals surface area contributed by atoms with E-state index in [4.69, 9.17) is 14.2 Å². The zero-order valence-corrected chi connectivity index (χ0v) is 14.1. The molecule has 0 radical (unpaired) electrons. The lowest BCUT2D eigenvalue weighted by Gasteiger charge is -2.11. The highest BCUT2D eigenvalue weighted by Gasteiger charge is 2.15. The summed E-state index contributed by atoms with van der Waals surface area (Å²) in [5, 5.41) is 11.7. The molecule has 2 aromatic rings. The highest BCUT2D eigenvalue weighted by molar-refractivity contribution is 6.01. The Kier molecular flexibility index (Phi) is 6.15. The topological polar surface area (TPSA) is 111 Å². The number of benzene rings is 2. The average molecular weight is 359 g/mol. The van der Waals surface area contributed by atoms with Crippen molar-refractivity contribution in [1.82, 2.24) is 0 Å². The molecule has 0 unspecified atom stereocenters. The SMILES string of the molecule is COc1ccc(OCC(=O)Nc2ccc(OC(C)=O)cc2C(=O)O)cc1. The highest BCUT2D eigenvalue weighted by atomic mass is 16.5. The van der Waals surface area contributed by atoms with Crippen molar-refractivity contribution in [3.05, 3.63) is 48.0 Å². The predicted molar refractivity (Wildman–Crippen MR) is 91.8 cm³/mol. The van der Waals surface area contributed by atoms with Gasteiger partial charge in [0.25, 0.3) is 5.91 Å². The number of anilines is 1. The van der Waals surface area contributed by atoms with Gasteiger partial charge in [0.15, 0.2) is 6.61 Å². The molecule has 0 bridgehead atoms. The lowest BCUT2D eigenvalue weighted by atomic mass is 10.1. The zero-order chi connectivity index (χ0) is 19.1. The number of methoxy groups -OCH3 is 1. The summed E-state index contributed by atoms with van der Waals surface area (Å²) in [6.45, 7) is 0.893. The van der Waals surface area contributed by atoms with Gasteiger partial charge >= 0.3 is 11.9 Å². The van der Waals surface area contributed by atoms with Gasteiger partial charge < -0.3 is 24.6 Å². The number of nitrogens with one attached hydrogen (secondary N) is 1. The maximum absolute atomic E-state index is 12.0. The molecule has 0 heterocycles. The van der Waals surface area contributed by atoms with Gasteiger partial charge in [-0.25, -0.2) is 4.79 Å². The summed E-state index contributed by atoms with van der Waals surface area (Å²) in [5.74, 6) is -1.20. The summed E-state index contributed by atoms with van der Waals surface area (Å²) in [6, 6.07) is 10.5. The molecule has 1 amide bonds. The highest BCUT2D eigenvalue weighted by Crippen LogP contribution is 2.23. The lowest BCUT2D eigenvalue weighted by molar-refractivity contribution is -0.131. The summed E-state index contributed by atoms with van der Waals surface area (Å²) < 4.78 is 15.2. The number of hydrogen-bond acceptors (Lipinski definition) is 6. The van der Waals surface area contributed by atoms with Crippen LogP contribution in [0.25, 0.3) is 0 Å². The third-order valence-electron chi connectivity index (χ3n) is 3.19. The first-order chi connectivity index (χ1) is 12.4. The second-order valence-electron chi connectivity index (χ2n) is 5.12. The van der Waals surface area contributed by atoms with Crippen LogP contribution in [0.5, 0.6) is 17.2 Å². The second kappa shape index (κ2) is 8.52. The molecule has 8 heteroatoms. The van der Waals surface area contributed by atoms with Gasteiger partial charge in [-0.05, 0) is 42.5 Å². The van der Waals surface area contributed by atoms with Gasteiger partial charge in [0, 0.05) is 6.92 Å². The van der Waals surface area contributed by atoms with E-state index in [1.807, 2.05) is 0 Å². The van der Waals surface area contributed by atoms with Crippen LogP contribution in [0.15, 0.2) is 42.5 Å². The summed E-state index contributed by atoms with van der Waals surface area (Å²) in [5.41, 5.74) is -0.140. The Hall–Kier alpha value is -3.55. The minimum absolute atomic E-state index is 0.0664. The molecule has 0 fully saturated rings. The Balaban J connectivity index is 2.02. The molecule has 0 saturated heterocycles. The van der Waals surface area contributed by atoms with E-state index in [0.717, 1.165) is 6.07 Å². The fourth-order valence-electron chi connectivity index (χ4n) is 2.05. The first-order valence-corrected chi connectivity index (χ1v) is 7.51. The van der Waals surface area contributed by atoms with E-state index < -0.39 is 17.8 Å². The van der Waals surface area contributed by atoms with Crippen LogP contribution in [0.3, 0.4) is 0 Å². The number of hydrogen-bond donors (Lipinski definition) is 2. The molecule has 2 aromatic carbocycles. The Labute approximate surface area is 149 Å². The maximum atomic E-state index is 12.0. The molecule has 8 nitrogen and oxygen atoms in total. The van der Waals surface area contributed by atoms with E-state index in [1.54, 1.807) is 24.3 Å². The molecule has 2 rings (SSSR count). The minimum atomic E-state index is -1.27. The van der Waals surface area contributed by atoms with E-state index in [9.17, 15) is 19.5 Å². The lowest BCUT2D eigenvalue weighted by Crippen LogP contribution is -2.21. The Morgan fingerprint density at radius 3 is 2.19 bits per heavy atom. The fourth-order valence-corrected chi connectivity index (χ4v) is 2.05. The molecule has 2 N–H and O–H groups in total. The van der Waals surface area contributed by atoms with Gasteiger partial charge in [-0.15, -0.1) is 0 Å². The third kappa shape index (κ3) is 5.23. The van der Waals surface area contributed by atoms with Crippen LogP contribution in [0.4, 0.5) is 5.69 Å². The van der Waals surface area contributed by atoms with Crippen LogP contribution in [-0.2, 0) is 9.59 Å². The van der Waals surface area contributed by atoms with E-state index in [1.165, 1.54) is 26.2 Å². The average Bonchev–Trinajstić information content (AvgIpc) is 2.61. The number of carboxylic acids is 1. The Morgan fingerprint density at radius 1 is 1.00 bits per heavy atom. The molecule has 0 spiro atoms. The molecule has 0 aliphatic rings. The summed E-state index contributed by atoms with van der Waals surface area (Å²) in [7, 11) is 1.54. The van der Waals surface area contributed by atoms with Crippen molar-refractivity contribution >= 4 is 23.5 Å². The molecular formula is C18H17NO7. The van der Waals surface area contributed by atoms with Crippen molar-refractivity contribution in [3.63, 3.8) is 0 Å². The van der Waals surface area contributed by atoms with Crippen molar-refractivity contribution in [2.45, 2.75) is 6.92 Å². The summed E-state index contributed by atoms with van der Waals surface area (Å²) in [6.07, 6.45) is 0. The van der Waals surface area contributed by atoms with Gasteiger partial charge in [0.2, 0.25) is 0 Å². The van der Waals surface area contributed by atoms with E-state index in [2.05, 4.69) is 5.32 Å². The first kappa shape index (κ1) is 18.8. The van der Waals surface area contributed by atoms with Gasteiger partial charge in [0.1, 0.15) is 17.2 Å². The second-order valence-corrected chi connectivity index (χ2v) is 5.12. The smallest absolute Gasteiger partial charge is 0.337 e. The fraction of sp³-hybridized carbons (Fsp3) is 0.167. The van der Waals surface area contributed by atoms with Crippen LogP contribution < -0.4 is 19.5 Å². The molecule has 0 saturated carbocycles. The number of carbonyl (C=O) groups excluding carboxylic acids is 2. The molecule has 136 valence electrons. The zero-order valence-electron chi connectivity index (χ0n) is 14.1. The summed E-state index contributed by atoms with van der Waals surface area (Å²) >= 11 is 0. The van der Waals surface area contributed by atoms with Gasteiger partial charge in [-0.3, -0.25) is 9.59 Å². The third-order valence-corrected chi connectivity index (χ3v) is 3.19. The van der Waals surface area contributed by atoms with E-state index >= 15 is 0 Å². The van der Waals surface area contributed by atoms with Crippen LogP contribution in [0.2, 0.25) is 0 Å². The largest absolute Gasteiger partial charge is 0.497 e. The molecular weight excluding hydrogens is 342 g/mol. The molecule has 0 aliphatic heterocycles. The minimum Gasteiger partial charge on any atom is -0.497 e.